The van der Waals surface area contributed by atoms with E-state index in [0.29, 0.717) is 6.54 Å². The van der Waals surface area contributed by atoms with E-state index in [0.717, 1.165) is 12.8 Å². The minimum atomic E-state index is -0.0430. The Balaban J connectivity index is 3.95. The van der Waals surface area contributed by atoms with Crippen LogP contribution in [0.5, 0.6) is 0 Å². The fourth-order valence-corrected chi connectivity index (χ4v) is 1.10. The van der Waals surface area contributed by atoms with Crippen LogP contribution in [0.15, 0.2) is 0 Å². The largest absolute Gasteiger partial charge is 0.358 e. The molecule has 0 saturated heterocycles. The lowest BCUT2D eigenvalue weighted by Gasteiger charge is -2.22. The van der Waals surface area contributed by atoms with Gasteiger partial charge in [-0.05, 0) is 33.5 Å². The molecule has 3 N–H and O–H groups in total. The minimum Gasteiger partial charge on any atom is -0.358 e. The van der Waals surface area contributed by atoms with Gasteiger partial charge in [0.15, 0.2) is 0 Å². The van der Waals surface area contributed by atoms with E-state index in [2.05, 4.69) is 5.32 Å². The molecular formula is C8H19N3O. The third-order valence-corrected chi connectivity index (χ3v) is 1.85. The van der Waals surface area contributed by atoms with Crippen LogP contribution in [0.4, 0.5) is 0 Å². The van der Waals surface area contributed by atoms with Crippen LogP contribution in [-0.4, -0.2) is 44.5 Å². The predicted octanol–water partition coefficient (Wildman–Crippen LogP) is -0.598. The molecule has 0 aromatic heterocycles. The number of nitrogens with zero attached hydrogens (tertiary/aromatic N) is 1. The quantitative estimate of drug-likeness (QED) is 0.584. The molecular weight excluding hydrogens is 154 g/mol. The maximum Gasteiger partial charge on any atom is 0.237 e. The van der Waals surface area contributed by atoms with Crippen LogP contribution in [-0.2, 0) is 4.79 Å². The zero-order valence-corrected chi connectivity index (χ0v) is 8.13. The Labute approximate surface area is 74.1 Å². The summed E-state index contributed by atoms with van der Waals surface area (Å²) < 4.78 is 0. The monoisotopic (exact) mass is 173 g/mol. The van der Waals surface area contributed by atoms with Crippen molar-refractivity contribution in [3.8, 4) is 0 Å². The SMILES string of the molecule is CNC(=O)[C@H](CCCN)N(C)C. The molecule has 12 heavy (non-hydrogen) atoms. The van der Waals surface area contributed by atoms with Crippen molar-refractivity contribution in [2.45, 2.75) is 18.9 Å². The fraction of sp³-hybridized carbons (Fsp3) is 0.875. The summed E-state index contributed by atoms with van der Waals surface area (Å²) in [4.78, 5) is 13.2. The van der Waals surface area contributed by atoms with Gasteiger partial charge in [-0.2, -0.15) is 0 Å². The van der Waals surface area contributed by atoms with E-state index in [-0.39, 0.29) is 11.9 Å². The number of rotatable bonds is 5. The topological polar surface area (TPSA) is 58.4 Å². The summed E-state index contributed by atoms with van der Waals surface area (Å²) in [5.41, 5.74) is 5.37. The first-order chi connectivity index (χ1) is 5.63. The van der Waals surface area contributed by atoms with Gasteiger partial charge in [0.1, 0.15) is 0 Å². The number of amides is 1. The van der Waals surface area contributed by atoms with E-state index in [1.807, 2.05) is 19.0 Å². The molecule has 72 valence electrons. The maximum absolute atomic E-state index is 11.3. The van der Waals surface area contributed by atoms with Crippen molar-refractivity contribution in [1.82, 2.24) is 10.2 Å². The van der Waals surface area contributed by atoms with Gasteiger partial charge in [-0.1, -0.05) is 0 Å². The molecule has 0 saturated carbocycles. The highest BCUT2D eigenvalue weighted by Crippen LogP contribution is 2.02. The van der Waals surface area contributed by atoms with Crippen LogP contribution >= 0.6 is 0 Å². The molecule has 0 spiro atoms. The average molecular weight is 173 g/mol. The van der Waals surface area contributed by atoms with Crippen molar-refractivity contribution in [1.29, 1.82) is 0 Å². The molecule has 0 aromatic rings. The minimum absolute atomic E-state index is 0.0430. The summed E-state index contributed by atoms with van der Waals surface area (Å²) in [6.07, 6.45) is 1.71. The van der Waals surface area contributed by atoms with Gasteiger partial charge >= 0.3 is 0 Å². The second-order valence-electron chi connectivity index (χ2n) is 3.02. The first-order valence-electron chi connectivity index (χ1n) is 4.21. The molecule has 0 bridgehead atoms. The molecule has 0 heterocycles. The molecule has 1 atom stereocenters. The number of nitrogens with two attached hydrogens (primary N) is 1. The van der Waals surface area contributed by atoms with Crippen LogP contribution in [0.2, 0.25) is 0 Å². The van der Waals surface area contributed by atoms with Gasteiger partial charge in [-0.25, -0.2) is 0 Å². The Kier molecular flexibility index (Phi) is 5.66. The van der Waals surface area contributed by atoms with Gasteiger partial charge in [0.05, 0.1) is 6.04 Å². The Morgan fingerprint density at radius 2 is 2.17 bits per heavy atom. The number of hydrogen-bond donors (Lipinski definition) is 2. The molecule has 0 rings (SSSR count). The van der Waals surface area contributed by atoms with Gasteiger partial charge in [-0.3, -0.25) is 9.69 Å². The molecule has 4 nitrogen and oxygen atoms in total. The summed E-state index contributed by atoms with van der Waals surface area (Å²) in [7, 11) is 5.45. The average Bonchev–Trinajstić information content (AvgIpc) is 2.04. The molecule has 0 aliphatic heterocycles. The van der Waals surface area contributed by atoms with Gasteiger partial charge in [0.25, 0.3) is 0 Å². The van der Waals surface area contributed by atoms with Crippen molar-refractivity contribution in [3.05, 3.63) is 0 Å². The van der Waals surface area contributed by atoms with E-state index in [1.165, 1.54) is 0 Å². The van der Waals surface area contributed by atoms with Crippen molar-refractivity contribution in [2.24, 2.45) is 5.73 Å². The van der Waals surface area contributed by atoms with Crippen LogP contribution in [0, 0.1) is 0 Å². The highest BCUT2D eigenvalue weighted by atomic mass is 16.2. The highest BCUT2D eigenvalue weighted by Gasteiger charge is 2.17. The third-order valence-electron chi connectivity index (χ3n) is 1.85. The standard InChI is InChI=1S/C8H19N3O/c1-10-8(12)7(11(2)3)5-4-6-9/h7H,4-6,9H2,1-3H3,(H,10,12)/t7-/m0/s1. The molecule has 0 fully saturated rings. The van der Waals surface area contributed by atoms with E-state index >= 15 is 0 Å². The van der Waals surface area contributed by atoms with E-state index in [4.69, 9.17) is 5.73 Å². The van der Waals surface area contributed by atoms with E-state index < -0.39 is 0 Å². The molecule has 0 radical (unpaired) electrons. The van der Waals surface area contributed by atoms with Crippen LogP contribution in [0.3, 0.4) is 0 Å². The van der Waals surface area contributed by atoms with Gasteiger partial charge in [-0.15, -0.1) is 0 Å². The number of carbonyl (C=O) groups excluding carboxylic acids is 1. The van der Waals surface area contributed by atoms with Gasteiger partial charge in [0.2, 0.25) is 5.91 Å². The summed E-state index contributed by atoms with van der Waals surface area (Å²) in [5.74, 6) is 0.0634. The number of nitrogens with one attached hydrogen (secondary N) is 1. The van der Waals surface area contributed by atoms with Crippen LogP contribution in [0.25, 0.3) is 0 Å². The zero-order chi connectivity index (χ0) is 9.56. The lowest BCUT2D eigenvalue weighted by atomic mass is 10.1. The van der Waals surface area contributed by atoms with Crippen LogP contribution in [0.1, 0.15) is 12.8 Å². The van der Waals surface area contributed by atoms with Crippen molar-refractivity contribution < 1.29 is 4.79 Å². The molecule has 0 aliphatic rings. The Bertz CT molecular complexity index is 136. The molecule has 0 aliphatic carbocycles. The molecule has 1 amide bonds. The second-order valence-corrected chi connectivity index (χ2v) is 3.02. The van der Waals surface area contributed by atoms with Crippen molar-refractivity contribution in [2.75, 3.05) is 27.7 Å². The lowest BCUT2D eigenvalue weighted by molar-refractivity contribution is -0.125. The Morgan fingerprint density at radius 1 is 1.58 bits per heavy atom. The Morgan fingerprint density at radius 3 is 2.50 bits per heavy atom. The van der Waals surface area contributed by atoms with Crippen LogP contribution < -0.4 is 11.1 Å². The highest BCUT2D eigenvalue weighted by molar-refractivity contribution is 5.81. The normalized spacial score (nSPS) is 13.1. The summed E-state index contributed by atoms with van der Waals surface area (Å²) in [6.45, 7) is 0.640. The van der Waals surface area contributed by atoms with Gasteiger partial charge in [0, 0.05) is 7.05 Å². The Hall–Kier alpha value is -0.610. The first-order valence-corrected chi connectivity index (χ1v) is 4.21. The number of hydrogen-bond acceptors (Lipinski definition) is 3. The smallest absolute Gasteiger partial charge is 0.237 e. The van der Waals surface area contributed by atoms with E-state index in [1.54, 1.807) is 7.05 Å². The number of carbonyl (C=O) groups is 1. The number of likely N-dealkylation sites (N-methyl/N-ethyl adjacent to an activating group) is 2. The van der Waals surface area contributed by atoms with E-state index in [9.17, 15) is 4.79 Å². The van der Waals surface area contributed by atoms with Crippen molar-refractivity contribution >= 4 is 5.91 Å². The zero-order valence-electron chi connectivity index (χ0n) is 8.13. The fourth-order valence-electron chi connectivity index (χ4n) is 1.10. The summed E-state index contributed by atoms with van der Waals surface area (Å²) in [5, 5.41) is 2.63. The second kappa shape index (κ2) is 5.97. The lowest BCUT2D eigenvalue weighted by Crippen LogP contribution is -2.42. The molecule has 0 aromatic carbocycles. The molecule has 4 heteroatoms. The van der Waals surface area contributed by atoms with Gasteiger partial charge < -0.3 is 11.1 Å². The van der Waals surface area contributed by atoms with Crippen molar-refractivity contribution in [3.63, 3.8) is 0 Å². The molecule has 0 unspecified atom stereocenters. The first kappa shape index (κ1) is 11.4. The maximum atomic E-state index is 11.3. The summed E-state index contributed by atoms with van der Waals surface area (Å²) >= 11 is 0. The predicted molar refractivity (Wildman–Crippen MR) is 49.8 cm³/mol. The third kappa shape index (κ3) is 3.69. The summed E-state index contributed by atoms with van der Waals surface area (Å²) in [6, 6.07) is -0.0430.